The lowest BCUT2D eigenvalue weighted by Crippen LogP contribution is -2.10. The molecule has 1 aromatic heterocycles. The minimum atomic E-state index is 0.240. The summed E-state index contributed by atoms with van der Waals surface area (Å²) in [6.07, 6.45) is 1.36. The van der Waals surface area contributed by atoms with Gasteiger partial charge in [-0.25, -0.2) is 9.40 Å². The van der Waals surface area contributed by atoms with Crippen molar-refractivity contribution in [2.75, 3.05) is 9.74 Å². The molecule has 6 nitrogen and oxygen atoms in total. The number of aromatic nitrogens is 3. The van der Waals surface area contributed by atoms with Gasteiger partial charge < -0.3 is 5.32 Å². The van der Waals surface area contributed by atoms with Crippen LogP contribution in [0.4, 0.5) is 23.3 Å². The Labute approximate surface area is 154 Å². The number of anilines is 4. The lowest BCUT2D eigenvalue weighted by molar-refractivity contribution is 1.03. The van der Waals surface area contributed by atoms with Gasteiger partial charge in [0.15, 0.2) is 0 Å². The van der Waals surface area contributed by atoms with E-state index < -0.39 is 0 Å². The Hall–Kier alpha value is -2.88. The van der Waals surface area contributed by atoms with Crippen molar-refractivity contribution in [3.8, 4) is 6.07 Å². The van der Waals surface area contributed by atoms with E-state index in [1.807, 2.05) is 19.1 Å². The van der Waals surface area contributed by atoms with Crippen LogP contribution in [0.1, 0.15) is 11.1 Å². The molecule has 0 aliphatic heterocycles. The summed E-state index contributed by atoms with van der Waals surface area (Å²) < 4.78 is 1.29. The lowest BCUT2D eigenvalue weighted by atomic mass is 10.2. The molecule has 0 unspecified atom stereocenters. The first-order chi connectivity index (χ1) is 12.1. The SMILES string of the molecule is Cc1cccc(Cl)c1N(Cl)c1ncnc(Nc2ccc(C#N)cc2)n1. The van der Waals surface area contributed by atoms with E-state index in [-0.39, 0.29) is 5.95 Å². The van der Waals surface area contributed by atoms with Crippen LogP contribution in [0.25, 0.3) is 0 Å². The number of para-hydroxylation sites is 1. The zero-order chi connectivity index (χ0) is 17.8. The van der Waals surface area contributed by atoms with E-state index in [1.54, 1.807) is 30.3 Å². The molecule has 0 spiro atoms. The van der Waals surface area contributed by atoms with Gasteiger partial charge in [0.25, 0.3) is 0 Å². The van der Waals surface area contributed by atoms with Gasteiger partial charge in [0, 0.05) is 17.5 Å². The summed E-state index contributed by atoms with van der Waals surface area (Å²) in [5, 5.41) is 12.4. The van der Waals surface area contributed by atoms with Crippen LogP contribution in [0.2, 0.25) is 5.02 Å². The maximum Gasteiger partial charge on any atom is 0.249 e. The van der Waals surface area contributed by atoms with Crippen LogP contribution in [0.15, 0.2) is 48.8 Å². The fourth-order valence-corrected chi connectivity index (χ4v) is 2.83. The molecule has 124 valence electrons. The topological polar surface area (TPSA) is 77.7 Å². The van der Waals surface area contributed by atoms with Crippen molar-refractivity contribution in [2.24, 2.45) is 0 Å². The number of rotatable bonds is 4. The van der Waals surface area contributed by atoms with Crippen LogP contribution >= 0.6 is 23.4 Å². The van der Waals surface area contributed by atoms with Crippen LogP contribution in [0, 0.1) is 18.3 Å². The van der Waals surface area contributed by atoms with Crippen molar-refractivity contribution < 1.29 is 0 Å². The molecule has 0 radical (unpaired) electrons. The molecule has 1 heterocycles. The summed E-state index contributed by atoms with van der Waals surface area (Å²) in [7, 11) is 0. The first-order valence-corrected chi connectivity index (χ1v) is 7.97. The third-order valence-electron chi connectivity index (χ3n) is 3.39. The number of nitriles is 1. The molecular weight excluding hydrogens is 359 g/mol. The second kappa shape index (κ2) is 7.34. The van der Waals surface area contributed by atoms with Crippen molar-refractivity contribution in [1.29, 1.82) is 5.26 Å². The van der Waals surface area contributed by atoms with Crippen molar-refractivity contribution in [3.05, 3.63) is 64.9 Å². The highest BCUT2D eigenvalue weighted by Gasteiger charge is 2.16. The molecule has 0 saturated heterocycles. The summed E-state index contributed by atoms with van der Waals surface area (Å²) in [6.45, 7) is 1.90. The Morgan fingerprint density at radius 2 is 1.88 bits per heavy atom. The average Bonchev–Trinajstić information content (AvgIpc) is 2.62. The summed E-state index contributed by atoms with van der Waals surface area (Å²) in [5.74, 6) is 0.564. The van der Waals surface area contributed by atoms with E-state index in [9.17, 15) is 0 Å². The summed E-state index contributed by atoms with van der Waals surface area (Å²) in [5.41, 5.74) is 2.82. The molecule has 25 heavy (non-hydrogen) atoms. The van der Waals surface area contributed by atoms with Crippen molar-refractivity contribution in [3.63, 3.8) is 0 Å². The van der Waals surface area contributed by atoms with Gasteiger partial charge in [0.2, 0.25) is 11.9 Å². The van der Waals surface area contributed by atoms with Crippen LogP contribution < -0.4 is 9.74 Å². The van der Waals surface area contributed by atoms with Gasteiger partial charge in [-0.3, -0.25) is 0 Å². The van der Waals surface area contributed by atoms with Gasteiger partial charge in [0.1, 0.15) is 6.33 Å². The van der Waals surface area contributed by atoms with E-state index >= 15 is 0 Å². The van der Waals surface area contributed by atoms with Crippen LogP contribution in [0.3, 0.4) is 0 Å². The number of nitrogens with zero attached hydrogens (tertiary/aromatic N) is 5. The summed E-state index contributed by atoms with van der Waals surface area (Å²) in [6, 6.07) is 14.5. The maximum atomic E-state index is 8.83. The van der Waals surface area contributed by atoms with Gasteiger partial charge in [-0.05, 0) is 42.8 Å². The normalized spacial score (nSPS) is 10.2. The highest BCUT2D eigenvalue weighted by Crippen LogP contribution is 2.34. The van der Waals surface area contributed by atoms with E-state index in [4.69, 9.17) is 28.6 Å². The standard InChI is InChI=1S/C17H12Cl2N6/c1-11-3-2-4-14(18)15(11)25(19)17-22-10-21-16(24-17)23-13-7-5-12(9-20)6-8-13/h2-8,10H,1H3,(H,21,22,23,24). The minimum Gasteiger partial charge on any atom is -0.324 e. The number of halogens is 2. The maximum absolute atomic E-state index is 8.83. The quantitative estimate of drug-likeness (QED) is 0.668. The molecule has 3 rings (SSSR count). The number of hydrogen-bond acceptors (Lipinski definition) is 6. The van der Waals surface area contributed by atoms with E-state index in [2.05, 4.69) is 26.3 Å². The zero-order valence-electron chi connectivity index (χ0n) is 13.1. The zero-order valence-corrected chi connectivity index (χ0v) is 14.6. The molecular formula is C17H12Cl2N6. The van der Waals surface area contributed by atoms with Crippen molar-refractivity contribution >= 4 is 46.6 Å². The van der Waals surface area contributed by atoms with Crippen LogP contribution in [-0.2, 0) is 0 Å². The van der Waals surface area contributed by atoms with Crippen LogP contribution in [-0.4, -0.2) is 15.0 Å². The van der Waals surface area contributed by atoms with E-state index in [0.29, 0.717) is 22.2 Å². The molecule has 0 atom stereocenters. The van der Waals surface area contributed by atoms with Gasteiger partial charge in [-0.1, -0.05) is 23.7 Å². The fraction of sp³-hybridized carbons (Fsp3) is 0.0588. The minimum absolute atomic E-state index is 0.240. The number of hydrogen-bond donors (Lipinski definition) is 1. The Morgan fingerprint density at radius 1 is 1.12 bits per heavy atom. The van der Waals surface area contributed by atoms with Gasteiger partial charge in [-0.15, -0.1) is 0 Å². The van der Waals surface area contributed by atoms with Gasteiger partial charge >= 0.3 is 0 Å². The van der Waals surface area contributed by atoms with Gasteiger partial charge in [0.05, 0.1) is 22.3 Å². The highest BCUT2D eigenvalue weighted by molar-refractivity contribution is 6.37. The van der Waals surface area contributed by atoms with E-state index in [0.717, 1.165) is 11.3 Å². The Bertz CT molecular complexity index is 916. The molecule has 0 amide bonds. The molecule has 1 N–H and O–H groups in total. The molecule has 0 fully saturated rings. The largest absolute Gasteiger partial charge is 0.324 e. The predicted molar refractivity (Wildman–Crippen MR) is 98.4 cm³/mol. The molecule has 3 aromatic rings. The first-order valence-electron chi connectivity index (χ1n) is 7.26. The molecule has 0 aliphatic rings. The predicted octanol–water partition coefficient (Wildman–Crippen LogP) is 4.74. The summed E-state index contributed by atoms with van der Waals surface area (Å²) >= 11 is 12.6. The number of nitrogens with one attached hydrogen (secondary N) is 1. The second-order valence-corrected chi connectivity index (χ2v) is 5.85. The Balaban J connectivity index is 1.87. The summed E-state index contributed by atoms with van der Waals surface area (Å²) in [4.78, 5) is 12.5. The van der Waals surface area contributed by atoms with Gasteiger partial charge in [-0.2, -0.15) is 15.2 Å². The third-order valence-corrected chi connectivity index (χ3v) is 4.01. The average molecular weight is 371 g/mol. The van der Waals surface area contributed by atoms with Crippen LogP contribution in [0.5, 0.6) is 0 Å². The number of aryl methyl sites for hydroxylation is 1. The third kappa shape index (κ3) is 3.79. The smallest absolute Gasteiger partial charge is 0.249 e. The highest BCUT2D eigenvalue weighted by atomic mass is 35.5. The molecule has 0 saturated carbocycles. The Kier molecular flexibility index (Phi) is 4.98. The first kappa shape index (κ1) is 17.0. The molecule has 8 heteroatoms. The van der Waals surface area contributed by atoms with Crippen molar-refractivity contribution in [1.82, 2.24) is 15.0 Å². The van der Waals surface area contributed by atoms with Crippen molar-refractivity contribution in [2.45, 2.75) is 6.92 Å². The molecule has 0 bridgehead atoms. The number of benzene rings is 2. The fourth-order valence-electron chi connectivity index (χ4n) is 2.17. The molecule has 2 aromatic carbocycles. The van der Waals surface area contributed by atoms with E-state index in [1.165, 1.54) is 10.7 Å². The lowest BCUT2D eigenvalue weighted by Gasteiger charge is -2.17. The molecule has 0 aliphatic carbocycles. The monoisotopic (exact) mass is 370 g/mol. The second-order valence-electron chi connectivity index (χ2n) is 5.11. The Morgan fingerprint density at radius 3 is 2.56 bits per heavy atom.